The molecule has 3 heteroatoms. The number of benzene rings is 1. The molecule has 18 heavy (non-hydrogen) atoms. The largest absolute Gasteiger partial charge is 1.00 e. The summed E-state index contributed by atoms with van der Waals surface area (Å²) in [6.45, 7) is 4.99. The summed E-state index contributed by atoms with van der Waals surface area (Å²) in [6.07, 6.45) is 0. The van der Waals surface area contributed by atoms with Crippen molar-refractivity contribution in [2.24, 2.45) is 0 Å². The third-order valence-electron chi connectivity index (χ3n) is 3.31. The van der Waals surface area contributed by atoms with Gasteiger partial charge in [0.25, 0.3) is 0 Å². The third-order valence-corrected chi connectivity index (χ3v) is 3.31. The first-order valence-electron chi connectivity index (χ1n) is 5.87. The minimum atomic E-state index is 0. The van der Waals surface area contributed by atoms with Crippen LogP contribution in [0.5, 0.6) is 5.75 Å². The summed E-state index contributed by atoms with van der Waals surface area (Å²) in [5.41, 5.74) is 1.31. The Labute approximate surface area is 117 Å². The van der Waals surface area contributed by atoms with Crippen LogP contribution in [0, 0.1) is 11.8 Å². The first kappa shape index (κ1) is 16.8. The zero-order valence-corrected chi connectivity index (χ0v) is 12.6. The molecule has 100 valence electrons. The van der Waals surface area contributed by atoms with Crippen molar-refractivity contribution in [1.82, 2.24) is 0 Å². The van der Waals surface area contributed by atoms with Gasteiger partial charge in [0.05, 0.1) is 21.2 Å². The van der Waals surface area contributed by atoms with E-state index in [9.17, 15) is 0 Å². The topological polar surface area (TPSA) is 9.23 Å². The van der Waals surface area contributed by atoms with Gasteiger partial charge in [0.1, 0.15) is 18.3 Å². The molecule has 0 aliphatic heterocycles. The molecule has 0 heterocycles. The van der Waals surface area contributed by atoms with E-state index in [0.29, 0.717) is 6.04 Å². The number of hydrogen-bond donors (Lipinski definition) is 0. The highest BCUT2D eigenvalue weighted by Gasteiger charge is 2.24. The summed E-state index contributed by atoms with van der Waals surface area (Å²) in [4.78, 5) is 0. The van der Waals surface area contributed by atoms with Gasteiger partial charge in [0.15, 0.2) is 0 Å². The number of hydrogen-bond acceptors (Lipinski definition) is 1. The number of ether oxygens (including phenoxy) is 1. The molecule has 0 radical (unpaired) electrons. The molecule has 0 aliphatic rings. The average molecular weight is 268 g/mol. The molecule has 1 rings (SSSR count). The van der Waals surface area contributed by atoms with Crippen LogP contribution in [-0.4, -0.2) is 32.2 Å². The van der Waals surface area contributed by atoms with E-state index in [2.05, 4.69) is 45.0 Å². The van der Waals surface area contributed by atoms with Crippen molar-refractivity contribution in [3.05, 3.63) is 29.8 Å². The molecule has 0 aliphatic carbocycles. The fourth-order valence-electron chi connectivity index (χ4n) is 1.71. The van der Waals surface area contributed by atoms with Gasteiger partial charge in [-0.2, -0.15) is 0 Å². The highest BCUT2D eigenvalue weighted by Crippen LogP contribution is 2.25. The molecule has 1 atom stereocenters. The van der Waals surface area contributed by atoms with Gasteiger partial charge in [-0.25, -0.2) is 0 Å². The van der Waals surface area contributed by atoms with Crippen molar-refractivity contribution in [1.29, 1.82) is 0 Å². The van der Waals surface area contributed by atoms with E-state index in [4.69, 9.17) is 4.74 Å². The molecule has 2 nitrogen and oxygen atoms in total. The molecule has 1 aromatic rings. The van der Waals surface area contributed by atoms with Crippen molar-refractivity contribution < 1.29 is 21.6 Å². The number of nitrogens with zero attached hydrogens (tertiary/aromatic N) is 1. The number of methoxy groups -OCH3 is 1. The summed E-state index contributed by atoms with van der Waals surface area (Å²) in [7, 11) is 6.10. The van der Waals surface area contributed by atoms with Gasteiger partial charge in [0.2, 0.25) is 0 Å². The highest BCUT2D eigenvalue weighted by molar-refractivity contribution is 5.28. The van der Waals surface area contributed by atoms with Crippen molar-refractivity contribution in [3.8, 4) is 17.6 Å². The predicted molar refractivity (Wildman–Crippen MR) is 71.8 cm³/mol. The third kappa shape index (κ3) is 4.25. The highest BCUT2D eigenvalue weighted by atomic mass is 35.5. The van der Waals surface area contributed by atoms with Gasteiger partial charge >= 0.3 is 0 Å². The molecular weight excluding hydrogens is 246 g/mol. The van der Waals surface area contributed by atoms with E-state index in [1.54, 1.807) is 7.11 Å². The average Bonchev–Trinajstić information content (AvgIpc) is 2.35. The van der Waals surface area contributed by atoms with Crippen LogP contribution in [0.2, 0.25) is 0 Å². The van der Waals surface area contributed by atoms with E-state index < -0.39 is 0 Å². The van der Waals surface area contributed by atoms with Crippen molar-refractivity contribution >= 4 is 0 Å². The maximum Gasteiger partial charge on any atom is 0.140 e. The SMILES string of the molecule is CC#CC[N+](C)(C)C(C)c1ccc(OC)cc1.[Cl-]. The molecule has 0 amide bonds. The second-order valence-electron chi connectivity index (χ2n) is 4.81. The molecule has 0 N–H and O–H groups in total. The number of rotatable bonds is 4. The molecule has 0 aromatic heterocycles. The minimum Gasteiger partial charge on any atom is -1.00 e. The van der Waals surface area contributed by atoms with Crippen LogP contribution in [0.4, 0.5) is 0 Å². The van der Waals surface area contributed by atoms with E-state index in [1.807, 2.05) is 19.1 Å². The van der Waals surface area contributed by atoms with Crippen molar-refractivity contribution in [3.63, 3.8) is 0 Å². The molecule has 0 spiro atoms. The Bertz CT molecular complexity index is 414. The van der Waals surface area contributed by atoms with Crippen molar-refractivity contribution in [2.45, 2.75) is 19.9 Å². The Morgan fingerprint density at radius 1 is 1.22 bits per heavy atom. The van der Waals surface area contributed by atoms with Crippen LogP contribution in [0.3, 0.4) is 0 Å². The van der Waals surface area contributed by atoms with Gasteiger partial charge in [-0.15, -0.1) is 5.92 Å². The zero-order valence-electron chi connectivity index (χ0n) is 11.8. The summed E-state index contributed by atoms with van der Waals surface area (Å²) in [6, 6.07) is 8.70. The predicted octanol–water partition coefficient (Wildman–Crippen LogP) is -0.140. The Kier molecular flexibility index (Phi) is 6.83. The van der Waals surface area contributed by atoms with Gasteiger partial charge in [-0.3, -0.25) is 0 Å². The lowest BCUT2D eigenvalue weighted by Gasteiger charge is -2.34. The first-order valence-corrected chi connectivity index (χ1v) is 5.87. The maximum atomic E-state index is 5.17. The van der Waals surface area contributed by atoms with E-state index in [1.165, 1.54) is 5.56 Å². The van der Waals surface area contributed by atoms with Crippen LogP contribution in [0.15, 0.2) is 24.3 Å². The Morgan fingerprint density at radius 2 is 1.78 bits per heavy atom. The van der Waals surface area contributed by atoms with Crippen LogP contribution in [0.25, 0.3) is 0 Å². The lowest BCUT2D eigenvalue weighted by molar-refractivity contribution is -0.912. The summed E-state index contributed by atoms with van der Waals surface area (Å²) >= 11 is 0. The van der Waals surface area contributed by atoms with E-state index in [-0.39, 0.29) is 12.4 Å². The molecule has 0 saturated heterocycles. The fourth-order valence-corrected chi connectivity index (χ4v) is 1.71. The Morgan fingerprint density at radius 3 is 2.22 bits per heavy atom. The van der Waals surface area contributed by atoms with Crippen molar-refractivity contribution in [2.75, 3.05) is 27.7 Å². The smallest absolute Gasteiger partial charge is 0.140 e. The van der Waals surface area contributed by atoms with Gasteiger partial charge in [0, 0.05) is 5.56 Å². The van der Waals surface area contributed by atoms with Crippen LogP contribution >= 0.6 is 0 Å². The molecule has 0 bridgehead atoms. The van der Waals surface area contributed by atoms with Crippen LogP contribution in [0.1, 0.15) is 25.5 Å². The molecule has 0 fully saturated rings. The monoisotopic (exact) mass is 267 g/mol. The molecule has 1 unspecified atom stereocenters. The van der Waals surface area contributed by atoms with E-state index in [0.717, 1.165) is 16.8 Å². The summed E-state index contributed by atoms with van der Waals surface area (Å²) in [5.74, 6) is 7.02. The number of quaternary nitrogens is 1. The summed E-state index contributed by atoms with van der Waals surface area (Å²) < 4.78 is 6.04. The molecule has 0 saturated carbocycles. The maximum absolute atomic E-state index is 5.17. The fraction of sp³-hybridized carbons (Fsp3) is 0.467. The standard InChI is InChI=1S/C15H22NO.ClH/c1-6-7-12-16(3,4)13(2)14-8-10-15(17-5)11-9-14;/h8-11,13H,12H2,1-5H3;1H/q+1;/p-1. The van der Waals surface area contributed by atoms with Crippen LogP contribution in [-0.2, 0) is 0 Å². The molecular formula is C15H22ClNO. The summed E-state index contributed by atoms with van der Waals surface area (Å²) in [5, 5.41) is 0. The van der Waals surface area contributed by atoms with Gasteiger partial charge in [-0.1, -0.05) is 0 Å². The lowest BCUT2D eigenvalue weighted by atomic mass is 10.1. The Hall–Kier alpha value is -1.17. The van der Waals surface area contributed by atoms with Crippen LogP contribution < -0.4 is 17.1 Å². The second kappa shape index (κ2) is 7.31. The normalized spacial score (nSPS) is 11.8. The minimum absolute atomic E-state index is 0. The zero-order chi connectivity index (χ0) is 12.9. The molecule has 1 aromatic carbocycles. The number of halogens is 1. The van der Waals surface area contributed by atoms with Gasteiger partial charge < -0.3 is 21.6 Å². The Balaban J connectivity index is 0.00000289. The van der Waals surface area contributed by atoms with Gasteiger partial charge in [-0.05, 0) is 44.0 Å². The second-order valence-corrected chi connectivity index (χ2v) is 4.81. The quantitative estimate of drug-likeness (QED) is 0.545. The lowest BCUT2D eigenvalue weighted by Crippen LogP contribution is -3.00. The van der Waals surface area contributed by atoms with E-state index >= 15 is 0 Å². The first-order chi connectivity index (χ1) is 8.01.